The second-order valence-electron chi connectivity index (χ2n) is 0.878. The van der Waals surface area contributed by atoms with E-state index in [2.05, 4.69) is 10.1 Å². The van der Waals surface area contributed by atoms with Crippen molar-refractivity contribution in [3.05, 3.63) is 10.4 Å². The van der Waals surface area contributed by atoms with Gasteiger partial charge in [0.2, 0.25) is 0 Å². The van der Waals surface area contributed by atoms with E-state index in [-0.39, 0.29) is 0 Å². The lowest BCUT2D eigenvalue weighted by Gasteiger charge is -1.89. The zero-order chi connectivity index (χ0) is 7.33. The molecule has 0 aliphatic rings. The van der Waals surface area contributed by atoms with Gasteiger partial charge in [-0.1, -0.05) is 0 Å². The van der Waals surface area contributed by atoms with Crippen LogP contribution in [0.3, 0.4) is 0 Å². The Balaban J connectivity index is 3.66. The molecule has 0 saturated carbocycles. The Bertz CT molecular complexity index is 208. The molecular formula is H3N5O3S. The molecule has 9 heteroatoms. The van der Waals surface area contributed by atoms with Crippen molar-refractivity contribution in [1.29, 1.82) is 0 Å². The number of rotatable bonds is 3. The topological polar surface area (TPSA) is 127 Å². The number of azide groups is 1. The molecule has 0 unspecified atom stereocenters. The van der Waals surface area contributed by atoms with Crippen molar-refractivity contribution in [3.8, 4) is 0 Å². The van der Waals surface area contributed by atoms with Crippen molar-refractivity contribution in [2.45, 2.75) is 0 Å². The van der Waals surface area contributed by atoms with Crippen LogP contribution in [0.5, 0.6) is 0 Å². The fourth-order valence-electron chi connectivity index (χ4n) is 0.100. The summed E-state index contributed by atoms with van der Waals surface area (Å²) in [6.07, 6.45) is 0. The number of hydrazine groups is 1. The van der Waals surface area contributed by atoms with Gasteiger partial charge in [-0.15, -0.1) is 5.53 Å². The molecule has 0 rings (SSSR count). The van der Waals surface area contributed by atoms with E-state index in [9.17, 15) is 8.42 Å². The second-order valence-corrected chi connectivity index (χ2v) is 2.03. The summed E-state index contributed by atoms with van der Waals surface area (Å²) in [6.45, 7) is 0. The summed E-state index contributed by atoms with van der Waals surface area (Å²) in [5.74, 6) is 0. The van der Waals surface area contributed by atoms with Crippen LogP contribution in [0, 0.1) is 0 Å². The molecule has 0 aliphatic carbocycles. The Morgan fingerprint density at radius 1 is 1.67 bits per heavy atom. The lowest BCUT2D eigenvalue weighted by Crippen LogP contribution is -2.32. The zero-order valence-electron chi connectivity index (χ0n) is 4.01. The summed E-state index contributed by atoms with van der Waals surface area (Å²) >= 11 is 0. The first-order chi connectivity index (χ1) is 4.06. The van der Waals surface area contributed by atoms with E-state index in [1.54, 1.807) is 0 Å². The van der Waals surface area contributed by atoms with Crippen LogP contribution in [-0.4, -0.2) is 13.0 Å². The van der Waals surface area contributed by atoms with Gasteiger partial charge in [-0.05, 0) is 10.1 Å². The van der Waals surface area contributed by atoms with Crippen LogP contribution < -0.4 is 10.4 Å². The SMILES string of the molecule is [N-]=[N+]=NNNS(=O)(=O)O. The predicted octanol–water partition coefficient (Wildman–Crippen LogP) is -0.891. The van der Waals surface area contributed by atoms with Crippen LogP contribution in [-0.2, 0) is 10.3 Å². The average molecular weight is 153 g/mol. The minimum atomic E-state index is -4.32. The minimum absolute atomic E-state index is 1.28. The van der Waals surface area contributed by atoms with Crippen molar-refractivity contribution in [2.75, 3.05) is 0 Å². The van der Waals surface area contributed by atoms with Crippen molar-refractivity contribution in [2.24, 2.45) is 5.22 Å². The first-order valence-corrected chi connectivity index (χ1v) is 3.03. The molecule has 0 aromatic carbocycles. The molecule has 0 saturated heterocycles. The maximum Gasteiger partial charge on any atom is 0.367 e. The molecule has 9 heavy (non-hydrogen) atoms. The predicted molar refractivity (Wildman–Crippen MR) is 27.0 cm³/mol. The number of nitrogens with zero attached hydrogens (tertiary/aromatic N) is 3. The van der Waals surface area contributed by atoms with Gasteiger partial charge >= 0.3 is 10.3 Å². The average Bonchev–Trinajstić information content (AvgIpc) is 1.63. The maximum absolute atomic E-state index is 9.70. The van der Waals surface area contributed by atoms with Gasteiger partial charge in [0, 0.05) is 0 Å². The van der Waals surface area contributed by atoms with Gasteiger partial charge in [0.1, 0.15) is 0 Å². The van der Waals surface area contributed by atoms with Gasteiger partial charge in [0.25, 0.3) is 0 Å². The Morgan fingerprint density at radius 2 is 2.22 bits per heavy atom. The molecule has 8 nitrogen and oxygen atoms in total. The van der Waals surface area contributed by atoms with Gasteiger partial charge in [-0.3, -0.25) is 4.55 Å². The molecule has 0 bridgehead atoms. The molecule has 0 aromatic rings. The highest BCUT2D eigenvalue weighted by molar-refractivity contribution is 7.83. The van der Waals surface area contributed by atoms with E-state index in [1.165, 1.54) is 10.4 Å². The van der Waals surface area contributed by atoms with Crippen molar-refractivity contribution in [3.63, 3.8) is 0 Å². The van der Waals surface area contributed by atoms with Crippen LogP contribution in [0.1, 0.15) is 0 Å². The van der Waals surface area contributed by atoms with E-state index >= 15 is 0 Å². The van der Waals surface area contributed by atoms with Gasteiger partial charge in [-0.25, -0.2) is 0 Å². The molecular weight excluding hydrogens is 150 g/mol. The smallest absolute Gasteiger partial charge is 0.271 e. The molecule has 0 fully saturated rings. The third kappa shape index (κ3) is 6.98. The molecule has 0 heterocycles. The second kappa shape index (κ2) is 3.10. The Labute approximate surface area is 50.3 Å². The summed E-state index contributed by atoms with van der Waals surface area (Å²) in [7, 11) is -4.32. The largest absolute Gasteiger partial charge is 0.367 e. The van der Waals surface area contributed by atoms with E-state index in [1.807, 2.05) is 0 Å². The highest BCUT2D eigenvalue weighted by Gasteiger charge is 1.99. The minimum Gasteiger partial charge on any atom is -0.271 e. The fraction of sp³-hybridized carbons (Fsp3) is 0. The lowest BCUT2D eigenvalue weighted by molar-refractivity contribution is 0.454. The lowest BCUT2D eigenvalue weighted by atomic mass is 12.5. The monoisotopic (exact) mass is 153 g/mol. The van der Waals surface area contributed by atoms with Gasteiger partial charge in [0.05, 0.1) is 0 Å². The van der Waals surface area contributed by atoms with Crippen molar-refractivity contribution < 1.29 is 13.0 Å². The summed E-state index contributed by atoms with van der Waals surface area (Å²) < 4.78 is 27.3. The van der Waals surface area contributed by atoms with Crippen molar-refractivity contribution in [1.82, 2.24) is 10.4 Å². The molecule has 0 aliphatic heterocycles. The van der Waals surface area contributed by atoms with Crippen LogP contribution >= 0.6 is 0 Å². The van der Waals surface area contributed by atoms with Crippen LogP contribution in [0.25, 0.3) is 10.4 Å². The fourth-order valence-corrected chi connectivity index (χ4v) is 0.257. The standard InChI is InChI=1S/H3N5O3S/c1-2-3-4-5-9(6,7)8/h4-5H,(H,6,7,8). The first kappa shape index (κ1) is 7.98. The molecule has 3 N–H and O–H groups in total. The molecule has 52 valence electrons. The number of nitrogens with one attached hydrogen (secondary N) is 2. The van der Waals surface area contributed by atoms with E-state index in [0.29, 0.717) is 0 Å². The molecule has 0 amide bonds. The van der Waals surface area contributed by atoms with E-state index in [0.717, 1.165) is 0 Å². The molecule has 0 atom stereocenters. The Morgan fingerprint density at radius 3 is 2.56 bits per heavy atom. The quantitative estimate of drug-likeness (QED) is 0.160. The zero-order valence-corrected chi connectivity index (χ0v) is 4.83. The highest BCUT2D eigenvalue weighted by atomic mass is 32.2. The third-order valence-corrected chi connectivity index (χ3v) is 0.619. The molecule has 0 radical (unpaired) electrons. The summed E-state index contributed by atoms with van der Waals surface area (Å²) in [4.78, 5) is 3.39. The first-order valence-electron chi connectivity index (χ1n) is 1.59. The third-order valence-electron chi connectivity index (χ3n) is 0.269. The molecule has 0 aromatic heterocycles. The number of hydrogen-bond acceptors (Lipinski definition) is 3. The van der Waals surface area contributed by atoms with E-state index < -0.39 is 10.3 Å². The van der Waals surface area contributed by atoms with Crippen LogP contribution in [0.4, 0.5) is 0 Å². The van der Waals surface area contributed by atoms with Crippen LogP contribution in [0.2, 0.25) is 0 Å². The summed E-state index contributed by atoms with van der Waals surface area (Å²) in [5, 5.41) is 2.54. The Kier molecular flexibility index (Phi) is 2.74. The summed E-state index contributed by atoms with van der Waals surface area (Å²) in [6, 6.07) is 0. The Hall–Kier alpha value is -1.02. The van der Waals surface area contributed by atoms with Gasteiger partial charge in [-0.2, -0.15) is 18.9 Å². The summed E-state index contributed by atoms with van der Waals surface area (Å²) in [5.41, 5.74) is 9.04. The van der Waals surface area contributed by atoms with Gasteiger partial charge in [0.15, 0.2) is 0 Å². The van der Waals surface area contributed by atoms with Crippen LogP contribution in [0.15, 0.2) is 5.22 Å². The highest BCUT2D eigenvalue weighted by Crippen LogP contribution is 1.65. The van der Waals surface area contributed by atoms with E-state index in [4.69, 9.17) is 10.1 Å². The van der Waals surface area contributed by atoms with Gasteiger partial charge < -0.3 is 0 Å². The number of hydrogen-bond donors (Lipinski definition) is 3. The maximum atomic E-state index is 9.70. The molecule has 0 spiro atoms. The van der Waals surface area contributed by atoms with Crippen molar-refractivity contribution >= 4 is 10.3 Å². The normalized spacial score (nSPS) is 9.89.